The molecule has 0 aliphatic heterocycles. The van der Waals surface area contributed by atoms with Crippen LogP contribution in [0.3, 0.4) is 0 Å². The summed E-state index contributed by atoms with van der Waals surface area (Å²) < 4.78 is 25.3. The zero-order chi connectivity index (χ0) is 19.5. The van der Waals surface area contributed by atoms with Crippen LogP contribution in [0.2, 0.25) is 15.1 Å². The molecule has 140 valence electrons. The molecule has 0 saturated heterocycles. The predicted molar refractivity (Wildman–Crippen MR) is 107 cm³/mol. The van der Waals surface area contributed by atoms with Gasteiger partial charge in [0, 0.05) is 28.7 Å². The molecule has 2 rings (SSSR count). The van der Waals surface area contributed by atoms with Crippen LogP contribution in [-0.4, -0.2) is 39.1 Å². The van der Waals surface area contributed by atoms with Crippen molar-refractivity contribution in [2.45, 2.75) is 6.54 Å². The first-order valence-corrected chi connectivity index (χ1v) is 10.5. The van der Waals surface area contributed by atoms with Gasteiger partial charge in [0.15, 0.2) is 0 Å². The molecule has 0 aliphatic carbocycles. The molecule has 5 nitrogen and oxygen atoms in total. The number of nitrogens with zero attached hydrogens (tertiary/aromatic N) is 2. The second-order valence-electron chi connectivity index (χ2n) is 5.77. The maximum Gasteiger partial charge on any atom is 0.243 e. The molecule has 2 aromatic carbocycles. The van der Waals surface area contributed by atoms with E-state index in [-0.39, 0.29) is 28.2 Å². The Labute approximate surface area is 168 Å². The number of halogens is 3. The van der Waals surface area contributed by atoms with Gasteiger partial charge in [-0.25, -0.2) is 8.42 Å². The molecule has 0 unspecified atom stereocenters. The van der Waals surface area contributed by atoms with E-state index < -0.39 is 10.0 Å². The van der Waals surface area contributed by atoms with E-state index in [0.29, 0.717) is 11.6 Å². The Hall–Kier alpha value is -1.47. The quantitative estimate of drug-likeness (QED) is 0.687. The summed E-state index contributed by atoms with van der Waals surface area (Å²) in [6, 6.07) is 11.4. The normalized spacial score (nSPS) is 11.3. The second kappa shape index (κ2) is 8.48. The average molecular weight is 436 g/mol. The zero-order valence-electron chi connectivity index (χ0n) is 14.1. The second-order valence-corrected chi connectivity index (χ2v) is 8.99. The van der Waals surface area contributed by atoms with Crippen molar-refractivity contribution >= 4 is 56.4 Å². The van der Waals surface area contributed by atoms with Crippen LogP contribution in [-0.2, 0) is 21.4 Å². The van der Waals surface area contributed by atoms with Crippen molar-refractivity contribution in [1.29, 1.82) is 0 Å². The fourth-order valence-corrected chi connectivity index (χ4v) is 3.75. The van der Waals surface area contributed by atoms with Gasteiger partial charge in [-0.2, -0.15) is 0 Å². The van der Waals surface area contributed by atoms with E-state index >= 15 is 0 Å². The van der Waals surface area contributed by atoms with Crippen LogP contribution in [0.15, 0.2) is 42.5 Å². The summed E-state index contributed by atoms with van der Waals surface area (Å²) in [5.41, 5.74) is 1.11. The lowest BCUT2D eigenvalue weighted by Crippen LogP contribution is -2.41. The Bertz CT molecular complexity index is 882. The van der Waals surface area contributed by atoms with Crippen LogP contribution < -0.4 is 4.31 Å². The van der Waals surface area contributed by atoms with E-state index in [1.54, 1.807) is 31.3 Å². The smallest absolute Gasteiger partial charge is 0.243 e. The lowest BCUT2D eigenvalue weighted by molar-refractivity contribution is -0.128. The highest BCUT2D eigenvalue weighted by Gasteiger charge is 2.23. The van der Waals surface area contributed by atoms with Crippen LogP contribution in [0.5, 0.6) is 0 Å². The molecular formula is C17H17Cl3N2O3S. The molecule has 0 radical (unpaired) electrons. The first kappa shape index (κ1) is 20.8. The lowest BCUT2D eigenvalue weighted by atomic mass is 10.2. The number of hydrogen-bond donors (Lipinski definition) is 0. The maximum absolute atomic E-state index is 12.5. The number of likely N-dealkylation sites (N-methyl/N-ethyl adjacent to an activating group) is 1. The summed E-state index contributed by atoms with van der Waals surface area (Å²) in [7, 11) is -2.11. The third-order valence-electron chi connectivity index (χ3n) is 3.57. The molecule has 1 amide bonds. The molecule has 0 atom stereocenters. The van der Waals surface area contributed by atoms with Crippen molar-refractivity contribution in [2.75, 3.05) is 24.2 Å². The number of anilines is 1. The van der Waals surface area contributed by atoms with Crippen LogP contribution in [0, 0.1) is 0 Å². The Kier molecular flexibility index (Phi) is 6.80. The Balaban J connectivity index is 2.19. The van der Waals surface area contributed by atoms with Gasteiger partial charge >= 0.3 is 0 Å². The van der Waals surface area contributed by atoms with Gasteiger partial charge in [-0.3, -0.25) is 9.10 Å². The fraction of sp³-hybridized carbons (Fsp3) is 0.235. The minimum absolute atomic E-state index is 0.234. The molecule has 9 heteroatoms. The van der Waals surface area contributed by atoms with Crippen LogP contribution in [0.1, 0.15) is 5.56 Å². The first-order chi connectivity index (χ1) is 12.1. The van der Waals surface area contributed by atoms with Gasteiger partial charge in [-0.1, -0.05) is 46.9 Å². The molecule has 0 spiro atoms. The topological polar surface area (TPSA) is 57.7 Å². The monoisotopic (exact) mass is 434 g/mol. The molecule has 0 aromatic heterocycles. The van der Waals surface area contributed by atoms with Gasteiger partial charge in [0.1, 0.15) is 6.54 Å². The average Bonchev–Trinajstić information content (AvgIpc) is 2.52. The Morgan fingerprint density at radius 3 is 2.00 bits per heavy atom. The Morgan fingerprint density at radius 2 is 1.50 bits per heavy atom. The van der Waals surface area contributed by atoms with Crippen LogP contribution in [0.4, 0.5) is 5.69 Å². The van der Waals surface area contributed by atoms with Gasteiger partial charge in [0.2, 0.25) is 15.9 Å². The lowest BCUT2D eigenvalue weighted by Gasteiger charge is -2.25. The standard InChI is InChI=1S/C17H17Cl3N2O3S/c1-21(10-12-3-5-13(18)6-4-12)17(23)11-22(26(2,24)25)16-8-14(19)7-15(20)9-16/h3-9H,10-11H2,1-2H3. The van der Waals surface area contributed by atoms with E-state index in [4.69, 9.17) is 34.8 Å². The minimum Gasteiger partial charge on any atom is -0.340 e. The number of carbonyl (C=O) groups excluding carboxylic acids is 1. The van der Waals surface area contributed by atoms with E-state index in [1.165, 1.54) is 23.1 Å². The van der Waals surface area contributed by atoms with E-state index in [1.807, 2.05) is 0 Å². The molecule has 26 heavy (non-hydrogen) atoms. The number of carbonyl (C=O) groups is 1. The van der Waals surface area contributed by atoms with Crippen molar-refractivity contribution in [1.82, 2.24) is 4.90 Å². The molecular weight excluding hydrogens is 419 g/mol. The summed E-state index contributed by atoms with van der Waals surface area (Å²) in [5.74, 6) is -0.374. The molecule has 0 bridgehead atoms. The zero-order valence-corrected chi connectivity index (χ0v) is 17.2. The third kappa shape index (κ3) is 5.77. The highest BCUT2D eigenvalue weighted by Crippen LogP contribution is 2.27. The summed E-state index contributed by atoms with van der Waals surface area (Å²) in [4.78, 5) is 14.0. The molecule has 2 aromatic rings. The first-order valence-electron chi connectivity index (χ1n) is 7.48. The summed E-state index contributed by atoms with van der Waals surface area (Å²) in [6.07, 6.45) is 1.02. The SMILES string of the molecule is CN(Cc1ccc(Cl)cc1)C(=O)CN(c1cc(Cl)cc(Cl)c1)S(C)(=O)=O. The van der Waals surface area contributed by atoms with Crippen molar-refractivity contribution in [3.63, 3.8) is 0 Å². The number of benzene rings is 2. The van der Waals surface area contributed by atoms with Gasteiger partial charge in [0.05, 0.1) is 11.9 Å². The minimum atomic E-state index is -3.71. The predicted octanol–water partition coefficient (Wildman–Crippen LogP) is 4.07. The highest BCUT2D eigenvalue weighted by molar-refractivity contribution is 7.92. The molecule has 0 aliphatic rings. The molecule has 0 fully saturated rings. The number of rotatable bonds is 6. The molecule has 0 saturated carbocycles. The highest BCUT2D eigenvalue weighted by atomic mass is 35.5. The van der Waals surface area contributed by atoms with Crippen molar-refractivity contribution in [3.05, 3.63) is 63.1 Å². The largest absolute Gasteiger partial charge is 0.340 e. The van der Waals surface area contributed by atoms with Gasteiger partial charge in [0.25, 0.3) is 0 Å². The maximum atomic E-state index is 12.5. The summed E-state index contributed by atoms with van der Waals surface area (Å²) in [5, 5.41) is 1.16. The van der Waals surface area contributed by atoms with Crippen molar-refractivity contribution in [2.24, 2.45) is 0 Å². The van der Waals surface area contributed by atoms with E-state index in [2.05, 4.69) is 0 Å². The summed E-state index contributed by atoms with van der Waals surface area (Å²) >= 11 is 17.8. The fourth-order valence-electron chi connectivity index (χ4n) is 2.28. The van der Waals surface area contributed by atoms with Crippen molar-refractivity contribution in [3.8, 4) is 0 Å². The molecule has 0 heterocycles. The van der Waals surface area contributed by atoms with E-state index in [9.17, 15) is 13.2 Å². The number of amides is 1. The van der Waals surface area contributed by atoms with Crippen molar-refractivity contribution < 1.29 is 13.2 Å². The van der Waals surface area contributed by atoms with Crippen LogP contribution >= 0.6 is 34.8 Å². The third-order valence-corrected chi connectivity index (χ3v) is 5.40. The van der Waals surface area contributed by atoms with Crippen LogP contribution in [0.25, 0.3) is 0 Å². The Morgan fingerprint density at radius 1 is 0.962 bits per heavy atom. The van der Waals surface area contributed by atoms with Gasteiger partial charge < -0.3 is 4.90 Å². The van der Waals surface area contributed by atoms with Gasteiger partial charge in [-0.05, 0) is 35.9 Å². The number of sulfonamides is 1. The van der Waals surface area contributed by atoms with Gasteiger partial charge in [-0.15, -0.1) is 0 Å². The number of hydrogen-bond acceptors (Lipinski definition) is 3. The van der Waals surface area contributed by atoms with E-state index in [0.717, 1.165) is 16.1 Å². The summed E-state index contributed by atoms with van der Waals surface area (Å²) in [6.45, 7) is -0.0382. The molecule has 0 N–H and O–H groups in total.